The number of anilines is 1. The lowest BCUT2D eigenvalue weighted by atomic mass is 10.3. The molecule has 2 N–H and O–H groups in total. The summed E-state index contributed by atoms with van der Waals surface area (Å²) < 4.78 is 5.60. The second-order valence-electron chi connectivity index (χ2n) is 3.88. The molecule has 0 aliphatic heterocycles. The maximum atomic E-state index is 5.69. The lowest BCUT2D eigenvalue weighted by Crippen LogP contribution is -1.85. The quantitative estimate of drug-likeness (QED) is 0.712. The van der Waals surface area contributed by atoms with Gasteiger partial charge in [0.05, 0.1) is 6.20 Å². The minimum absolute atomic E-state index is 0.538. The molecule has 3 aromatic rings. The molecule has 5 nitrogen and oxygen atoms in total. The van der Waals surface area contributed by atoms with Crippen molar-refractivity contribution in [2.45, 2.75) is 17.2 Å². The average Bonchev–Trinajstić information content (AvgIpc) is 2.70. The van der Waals surface area contributed by atoms with Gasteiger partial charge in [-0.25, -0.2) is 4.98 Å². The van der Waals surface area contributed by atoms with E-state index < -0.39 is 0 Å². The molecule has 0 radical (unpaired) electrons. The Morgan fingerprint density at radius 2 is 2.17 bits per heavy atom. The van der Waals surface area contributed by atoms with Gasteiger partial charge in [-0.3, -0.25) is 0 Å². The number of rotatable bonds is 2. The summed E-state index contributed by atoms with van der Waals surface area (Å²) in [5.41, 5.74) is 8.86. The fourth-order valence-corrected chi connectivity index (χ4v) is 2.33. The molecule has 6 heteroatoms. The highest BCUT2D eigenvalue weighted by Crippen LogP contribution is 2.29. The third-order valence-corrected chi connectivity index (χ3v) is 3.11. The summed E-state index contributed by atoms with van der Waals surface area (Å²) in [5.74, 6) is 0. The van der Waals surface area contributed by atoms with Gasteiger partial charge >= 0.3 is 0 Å². The Morgan fingerprint density at radius 3 is 3.00 bits per heavy atom. The summed E-state index contributed by atoms with van der Waals surface area (Å²) in [7, 11) is 0. The molecular weight excluding hydrogens is 248 g/mol. The van der Waals surface area contributed by atoms with E-state index >= 15 is 0 Å². The van der Waals surface area contributed by atoms with Crippen molar-refractivity contribution in [3.63, 3.8) is 0 Å². The Labute approximate surface area is 107 Å². The van der Waals surface area contributed by atoms with Crippen molar-refractivity contribution in [2.75, 3.05) is 5.73 Å². The number of fused-ring (bicyclic) bond motifs is 1. The summed E-state index contributed by atoms with van der Waals surface area (Å²) in [6, 6.07) is 7.32. The summed E-state index contributed by atoms with van der Waals surface area (Å²) >= 11 is 1.34. The van der Waals surface area contributed by atoms with Crippen LogP contribution in [0.25, 0.3) is 11.1 Å². The Hall–Kier alpha value is -2.08. The molecule has 1 aromatic carbocycles. The number of hydrogen-bond acceptors (Lipinski definition) is 6. The summed E-state index contributed by atoms with van der Waals surface area (Å²) in [6.45, 7) is 1.96. The third kappa shape index (κ3) is 2.14. The standard InChI is InChI=1S/C12H10N4OS/c1-7-4-11(16-14-6-7)18-12-15-9-3-2-8(13)5-10(9)17-12/h2-6H,13H2,1H3. The molecule has 0 fully saturated rings. The minimum Gasteiger partial charge on any atom is -0.431 e. The van der Waals surface area contributed by atoms with Crippen molar-refractivity contribution in [2.24, 2.45) is 0 Å². The van der Waals surface area contributed by atoms with E-state index in [0.29, 0.717) is 16.5 Å². The van der Waals surface area contributed by atoms with Crippen molar-refractivity contribution in [3.8, 4) is 0 Å². The zero-order chi connectivity index (χ0) is 12.5. The number of aryl methyl sites for hydroxylation is 1. The Balaban J connectivity index is 1.95. The number of nitrogen functional groups attached to an aromatic ring is 1. The van der Waals surface area contributed by atoms with E-state index in [1.807, 2.05) is 19.1 Å². The normalized spacial score (nSPS) is 10.9. The first-order valence-electron chi connectivity index (χ1n) is 5.34. The number of benzene rings is 1. The monoisotopic (exact) mass is 258 g/mol. The molecule has 90 valence electrons. The van der Waals surface area contributed by atoms with Crippen molar-refractivity contribution in [1.82, 2.24) is 15.2 Å². The van der Waals surface area contributed by atoms with Crippen molar-refractivity contribution in [3.05, 3.63) is 36.0 Å². The van der Waals surface area contributed by atoms with E-state index in [-0.39, 0.29) is 0 Å². The molecule has 2 heterocycles. The van der Waals surface area contributed by atoms with Crippen molar-refractivity contribution < 1.29 is 4.42 Å². The number of nitrogens with two attached hydrogens (primary N) is 1. The average molecular weight is 258 g/mol. The molecule has 0 saturated carbocycles. The first kappa shape index (κ1) is 11.0. The second kappa shape index (κ2) is 4.30. The summed E-state index contributed by atoms with van der Waals surface area (Å²) in [6.07, 6.45) is 1.71. The van der Waals surface area contributed by atoms with E-state index in [1.54, 1.807) is 18.3 Å². The molecule has 0 saturated heterocycles. The highest BCUT2D eigenvalue weighted by molar-refractivity contribution is 7.99. The van der Waals surface area contributed by atoms with Crippen LogP contribution in [0.1, 0.15) is 5.56 Å². The molecular formula is C12H10N4OS. The van der Waals surface area contributed by atoms with Crippen LogP contribution in [0.15, 0.2) is 45.1 Å². The van der Waals surface area contributed by atoms with Gasteiger partial charge in [0.25, 0.3) is 5.22 Å². The molecule has 3 rings (SSSR count). The van der Waals surface area contributed by atoms with Gasteiger partial charge in [-0.05, 0) is 42.4 Å². The second-order valence-corrected chi connectivity index (χ2v) is 4.85. The smallest absolute Gasteiger partial charge is 0.263 e. The van der Waals surface area contributed by atoms with E-state index in [9.17, 15) is 0 Å². The molecule has 0 bridgehead atoms. The number of nitrogens with zero attached hydrogens (tertiary/aromatic N) is 3. The Bertz CT molecular complexity index is 710. The summed E-state index contributed by atoms with van der Waals surface area (Å²) in [5, 5.41) is 9.20. The number of hydrogen-bond donors (Lipinski definition) is 1. The molecule has 0 aliphatic carbocycles. The van der Waals surface area contributed by atoms with Gasteiger partial charge in [0, 0.05) is 11.8 Å². The van der Waals surface area contributed by atoms with Crippen molar-refractivity contribution >= 4 is 28.5 Å². The molecule has 0 spiro atoms. The van der Waals surface area contributed by atoms with Gasteiger partial charge in [0.2, 0.25) is 0 Å². The number of aromatic nitrogens is 3. The lowest BCUT2D eigenvalue weighted by molar-refractivity contribution is 0.489. The van der Waals surface area contributed by atoms with Crippen LogP contribution in [0.4, 0.5) is 5.69 Å². The molecule has 0 unspecified atom stereocenters. The first-order valence-corrected chi connectivity index (χ1v) is 6.15. The van der Waals surface area contributed by atoms with Crippen LogP contribution in [-0.2, 0) is 0 Å². The summed E-state index contributed by atoms with van der Waals surface area (Å²) in [4.78, 5) is 4.35. The maximum Gasteiger partial charge on any atom is 0.263 e. The fourth-order valence-electron chi connectivity index (χ4n) is 1.54. The SMILES string of the molecule is Cc1cnnc(Sc2nc3ccc(N)cc3o2)c1. The highest BCUT2D eigenvalue weighted by atomic mass is 32.2. The van der Waals surface area contributed by atoms with Crippen LogP contribution < -0.4 is 5.73 Å². The van der Waals surface area contributed by atoms with Gasteiger partial charge < -0.3 is 10.2 Å². The van der Waals surface area contributed by atoms with Crippen LogP contribution >= 0.6 is 11.8 Å². The van der Waals surface area contributed by atoms with Gasteiger partial charge in [-0.1, -0.05) is 0 Å². The van der Waals surface area contributed by atoms with Crippen LogP contribution in [-0.4, -0.2) is 15.2 Å². The predicted molar refractivity (Wildman–Crippen MR) is 69.3 cm³/mol. The highest BCUT2D eigenvalue weighted by Gasteiger charge is 2.09. The predicted octanol–water partition coefficient (Wildman–Crippen LogP) is 2.66. The molecule has 2 aromatic heterocycles. The van der Waals surface area contributed by atoms with Gasteiger partial charge in [0.15, 0.2) is 5.58 Å². The fraction of sp³-hybridized carbons (Fsp3) is 0.0833. The van der Waals surface area contributed by atoms with Gasteiger partial charge in [-0.2, -0.15) is 5.10 Å². The molecule has 18 heavy (non-hydrogen) atoms. The molecule has 0 aliphatic rings. The lowest BCUT2D eigenvalue weighted by Gasteiger charge is -1.95. The first-order chi connectivity index (χ1) is 8.70. The van der Waals surface area contributed by atoms with Crippen LogP contribution in [0.5, 0.6) is 0 Å². The van der Waals surface area contributed by atoms with Crippen molar-refractivity contribution in [1.29, 1.82) is 0 Å². The maximum absolute atomic E-state index is 5.69. The van der Waals surface area contributed by atoms with E-state index in [1.165, 1.54) is 11.8 Å². The number of oxazole rings is 1. The zero-order valence-electron chi connectivity index (χ0n) is 9.62. The van der Waals surface area contributed by atoms with Crippen LogP contribution in [0.3, 0.4) is 0 Å². The third-order valence-electron chi connectivity index (χ3n) is 2.35. The van der Waals surface area contributed by atoms with E-state index in [0.717, 1.165) is 16.1 Å². The minimum atomic E-state index is 0.538. The van der Waals surface area contributed by atoms with E-state index in [2.05, 4.69) is 15.2 Å². The van der Waals surface area contributed by atoms with Crippen LogP contribution in [0, 0.1) is 6.92 Å². The van der Waals surface area contributed by atoms with Gasteiger partial charge in [-0.15, -0.1) is 5.10 Å². The largest absolute Gasteiger partial charge is 0.431 e. The topological polar surface area (TPSA) is 77.8 Å². The molecule has 0 atom stereocenters. The Kier molecular flexibility index (Phi) is 2.64. The zero-order valence-corrected chi connectivity index (χ0v) is 10.4. The Morgan fingerprint density at radius 1 is 1.28 bits per heavy atom. The van der Waals surface area contributed by atoms with E-state index in [4.69, 9.17) is 10.2 Å². The molecule has 0 amide bonds. The van der Waals surface area contributed by atoms with Gasteiger partial charge in [0.1, 0.15) is 10.5 Å². The van der Waals surface area contributed by atoms with Crippen LogP contribution in [0.2, 0.25) is 0 Å².